The first kappa shape index (κ1) is 18.0. The predicted molar refractivity (Wildman–Crippen MR) is 104 cm³/mol. The van der Waals surface area contributed by atoms with Gasteiger partial charge in [0, 0.05) is 34.4 Å². The number of ketones is 1. The Kier molecular flexibility index (Phi) is 4.50. The molecule has 1 amide bonds. The van der Waals surface area contributed by atoms with E-state index in [0.29, 0.717) is 39.3 Å². The zero-order valence-electron chi connectivity index (χ0n) is 14.6. The van der Waals surface area contributed by atoms with Crippen molar-refractivity contribution in [3.8, 4) is 0 Å². The van der Waals surface area contributed by atoms with Crippen molar-refractivity contribution >= 4 is 39.9 Å². The highest BCUT2D eigenvalue weighted by atomic mass is 35.5. The van der Waals surface area contributed by atoms with Crippen molar-refractivity contribution in [2.24, 2.45) is 11.1 Å². The summed E-state index contributed by atoms with van der Waals surface area (Å²) in [5.41, 5.74) is 13.0. The lowest BCUT2D eigenvalue weighted by atomic mass is 9.92. The predicted octanol–water partition coefficient (Wildman–Crippen LogP) is 3.62. The van der Waals surface area contributed by atoms with E-state index < -0.39 is 11.3 Å². The summed E-state index contributed by atoms with van der Waals surface area (Å²) in [5.74, 6) is -0.564. The molecule has 1 heterocycles. The van der Waals surface area contributed by atoms with Crippen LogP contribution in [0.25, 0.3) is 10.9 Å². The van der Waals surface area contributed by atoms with Gasteiger partial charge in [-0.3, -0.25) is 9.59 Å². The van der Waals surface area contributed by atoms with E-state index in [1.165, 1.54) is 0 Å². The van der Waals surface area contributed by atoms with E-state index in [-0.39, 0.29) is 5.78 Å². The lowest BCUT2D eigenvalue weighted by molar-refractivity contribution is -0.126. The Morgan fingerprint density at radius 2 is 1.81 bits per heavy atom. The van der Waals surface area contributed by atoms with Crippen LogP contribution in [-0.2, 0) is 11.3 Å². The fourth-order valence-electron chi connectivity index (χ4n) is 2.97. The topological polar surface area (TPSA) is 91.1 Å². The minimum absolute atomic E-state index is 0.139. The number of benzene rings is 2. The molecule has 0 fully saturated rings. The second-order valence-corrected chi connectivity index (χ2v) is 7.44. The Bertz CT molecular complexity index is 1010. The van der Waals surface area contributed by atoms with E-state index in [9.17, 15) is 9.59 Å². The minimum atomic E-state index is -0.796. The first-order chi connectivity index (χ1) is 12.2. The van der Waals surface area contributed by atoms with E-state index in [0.717, 1.165) is 0 Å². The molecule has 3 rings (SSSR count). The molecule has 0 aliphatic rings. The van der Waals surface area contributed by atoms with Crippen LogP contribution in [0.4, 0.5) is 5.69 Å². The maximum absolute atomic E-state index is 13.0. The van der Waals surface area contributed by atoms with Crippen LogP contribution in [-0.4, -0.2) is 16.3 Å². The number of hydrogen-bond acceptors (Lipinski definition) is 3. The van der Waals surface area contributed by atoms with Crippen LogP contribution in [0.15, 0.2) is 48.7 Å². The van der Waals surface area contributed by atoms with Crippen LogP contribution in [0.5, 0.6) is 0 Å². The highest BCUT2D eigenvalue weighted by molar-refractivity contribution is 6.32. The number of anilines is 1. The van der Waals surface area contributed by atoms with Crippen LogP contribution >= 0.6 is 11.6 Å². The van der Waals surface area contributed by atoms with Crippen LogP contribution in [0.3, 0.4) is 0 Å². The molecule has 0 unspecified atom stereocenters. The summed E-state index contributed by atoms with van der Waals surface area (Å²) in [5, 5.41) is 1.09. The van der Waals surface area contributed by atoms with Gasteiger partial charge in [-0.05, 0) is 26.0 Å². The Morgan fingerprint density at radius 3 is 2.42 bits per heavy atom. The van der Waals surface area contributed by atoms with Gasteiger partial charge in [-0.15, -0.1) is 0 Å². The Balaban J connectivity index is 2.21. The quantitative estimate of drug-likeness (QED) is 0.531. The number of rotatable bonds is 5. The van der Waals surface area contributed by atoms with Crippen molar-refractivity contribution in [1.29, 1.82) is 0 Å². The van der Waals surface area contributed by atoms with Crippen molar-refractivity contribution in [2.75, 3.05) is 5.73 Å². The Labute approximate surface area is 156 Å². The zero-order chi connectivity index (χ0) is 19.1. The molecule has 0 saturated carbocycles. The number of nitrogen functional groups attached to an aromatic ring is 1. The van der Waals surface area contributed by atoms with Crippen molar-refractivity contribution < 1.29 is 9.59 Å². The number of halogens is 1. The number of nitrogens with zero attached hydrogens (tertiary/aromatic N) is 1. The van der Waals surface area contributed by atoms with Gasteiger partial charge in [0.05, 0.1) is 16.5 Å². The monoisotopic (exact) mass is 369 g/mol. The lowest BCUT2D eigenvalue weighted by Gasteiger charge is -2.21. The van der Waals surface area contributed by atoms with Crippen LogP contribution < -0.4 is 11.5 Å². The van der Waals surface area contributed by atoms with Gasteiger partial charge in [0.1, 0.15) is 0 Å². The summed E-state index contributed by atoms with van der Waals surface area (Å²) in [6.07, 6.45) is 1.72. The number of carbonyl (C=O) groups excluding carboxylic acids is 2. The van der Waals surface area contributed by atoms with Crippen molar-refractivity contribution in [1.82, 2.24) is 4.57 Å². The van der Waals surface area contributed by atoms with Crippen LogP contribution in [0, 0.1) is 5.41 Å². The molecule has 5 nitrogen and oxygen atoms in total. The molecule has 0 bridgehead atoms. The molecular formula is C20H20ClN3O2. The molecule has 3 aromatic rings. The number of aromatic nitrogens is 1. The van der Waals surface area contributed by atoms with Gasteiger partial charge >= 0.3 is 0 Å². The molecule has 0 spiro atoms. The molecule has 0 aliphatic carbocycles. The lowest BCUT2D eigenvalue weighted by Crippen LogP contribution is -2.35. The van der Waals surface area contributed by atoms with Crippen LogP contribution in [0.1, 0.15) is 29.8 Å². The second kappa shape index (κ2) is 6.50. The molecular weight excluding hydrogens is 350 g/mol. The SMILES string of the molecule is CC(C)(Cn1cc(C(=O)c2ccccc2)c2c(N)cc(Cl)cc21)C(N)=O. The molecule has 26 heavy (non-hydrogen) atoms. The van der Waals surface area contributed by atoms with Gasteiger partial charge in [-0.25, -0.2) is 0 Å². The third kappa shape index (κ3) is 3.18. The minimum Gasteiger partial charge on any atom is -0.398 e. The van der Waals surface area contributed by atoms with E-state index in [1.807, 2.05) is 22.8 Å². The van der Waals surface area contributed by atoms with E-state index in [1.54, 1.807) is 44.3 Å². The van der Waals surface area contributed by atoms with Crippen LogP contribution in [0.2, 0.25) is 5.02 Å². The fourth-order valence-corrected chi connectivity index (χ4v) is 3.20. The number of fused-ring (bicyclic) bond motifs is 1. The average molecular weight is 370 g/mol. The number of amides is 1. The van der Waals surface area contributed by atoms with E-state index >= 15 is 0 Å². The maximum atomic E-state index is 13.0. The summed E-state index contributed by atoms with van der Waals surface area (Å²) in [6.45, 7) is 3.82. The molecule has 4 N–H and O–H groups in total. The van der Waals surface area contributed by atoms with Gasteiger partial charge in [-0.2, -0.15) is 0 Å². The van der Waals surface area contributed by atoms with E-state index in [2.05, 4.69) is 0 Å². The van der Waals surface area contributed by atoms with Crippen molar-refractivity contribution in [3.63, 3.8) is 0 Å². The smallest absolute Gasteiger partial charge is 0.224 e. The van der Waals surface area contributed by atoms with E-state index in [4.69, 9.17) is 23.1 Å². The zero-order valence-corrected chi connectivity index (χ0v) is 15.4. The summed E-state index contributed by atoms with van der Waals surface area (Å²) in [4.78, 5) is 24.8. The number of carbonyl (C=O) groups is 2. The Morgan fingerprint density at radius 1 is 1.15 bits per heavy atom. The standard InChI is InChI=1S/C20H20ClN3O2/c1-20(2,19(23)26)11-24-10-14(18(25)12-6-4-3-5-7-12)17-15(22)8-13(21)9-16(17)24/h3-10H,11,22H2,1-2H3,(H2,23,26). The van der Waals surface area contributed by atoms with Crippen molar-refractivity contribution in [3.05, 3.63) is 64.8 Å². The highest BCUT2D eigenvalue weighted by Crippen LogP contribution is 2.33. The van der Waals surface area contributed by atoms with Gasteiger partial charge in [0.25, 0.3) is 0 Å². The molecule has 0 aliphatic heterocycles. The summed E-state index contributed by atoms with van der Waals surface area (Å²) >= 11 is 6.17. The number of primary amides is 1. The largest absolute Gasteiger partial charge is 0.398 e. The molecule has 134 valence electrons. The summed E-state index contributed by atoms with van der Waals surface area (Å²) < 4.78 is 1.82. The summed E-state index contributed by atoms with van der Waals surface area (Å²) in [7, 11) is 0. The number of hydrogen-bond donors (Lipinski definition) is 2. The first-order valence-corrected chi connectivity index (χ1v) is 8.56. The van der Waals surface area contributed by atoms with Gasteiger partial charge in [-0.1, -0.05) is 41.9 Å². The summed E-state index contributed by atoms with van der Waals surface area (Å²) in [6, 6.07) is 12.3. The molecule has 0 atom stereocenters. The second-order valence-electron chi connectivity index (χ2n) is 7.00. The third-order valence-corrected chi connectivity index (χ3v) is 4.71. The number of nitrogens with two attached hydrogens (primary N) is 2. The van der Waals surface area contributed by atoms with Crippen molar-refractivity contribution in [2.45, 2.75) is 20.4 Å². The van der Waals surface area contributed by atoms with Gasteiger partial charge in [0.2, 0.25) is 5.91 Å². The molecule has 0 radical (unpaired) electrons. The average Bonchev–Trinajstić information content (AvgIpc) is 2.93. The molecule has 0 saturated heterocycles. The van der Waals surface area contributed by atoms with Gasteiger partial charge in [0.15, 0.2) is 5.78 Å². The third-order valence-electron chi connectivity index (χ3n) is 4.49. The molecule has 1 aromatic heterocycles. The first-order valence-electron chi connectivity index (χ1n) is 8.18. The normalized spacial score (nSPS) is 11.7. The Hall–Kier alpha value is -2.79. The molecule has 2 aromatic carbocycles. The molecule has 6 heteroatoms. The maximum Gasteiger partial charge on any atom is 0.224 e. The van der Waals surface area contributed by atoms with Gasteiger partial charge < -0.3 is 16.0 Å². The fraction of sp³-hybridized carbons (Fsp3) is 0.200. The highest BCUT2D eigenvalue weighted by Gasteiger charge is 2.28.